The fourth-order valence-electron chi connectivity index (χ4n) is 1.62. The van der Waals surface area contributed by atoms with Crippen LogP contribution in [0.1, 0.15) is 0 Å². The van der Waals surface area contributed by atoms with Gasteiger partial charge in [0, 0.05) is 10.6 Å². The lowest BCUT2D eigenvalue weighted by Gasteiger charge is -2.07. The standard InChI is InChI=1S/C14H13ClN2O2S/c15-12-6-1-2-7-13(12)20(19)11-5-3-4-10(8-11)17-14(18)9-16/h1-8H,9,16H2,(H,17,18). The minimum Gasteiger partial charge on any atom is -0.325 e. The van der Waals surface area contributed by atoms with Gasteiger partial charge < -0.3 is 11.1 Å². The van der Waals surface area contributed by atoms with E-state index < -0.39 is 10.8 Å². The van der Waals surface area contributed by atoms with Crippen LogP contribution in [-0.4, -0.2) is 16.7 Å². The van der Waals surface area contributed by atoms with E-state index in [2.05, 4.69) is 5.32 Å². The minimum atomic E-state index is -1.40. The minimum absolute atomic E-state index is 0.0994. The molecule has 3 N–H and O–H groups in total. The predicted molar refractivity (Wildman–Crippen MR) is 80.3 cm³/mol. The van der Waals surface area contributed by atoms with E-state index in [0.717, 1.165) is 0 Å². The van der Waals surface area contributed by atoms with Gasteiger partial charge >= 0.3 is 0 Å². The first-order chi connectivity index (χ1) is 9.61. The second-order valence-electron chi connectivity index (χ2n) is 3.98. The molecule has 6 heteroatoms. The van der Waals surface area contributed by atoms with Crippen LogP contribution in [0.3, 0.4) is 0 Å². The average Bonchev–Trinajstić information content (AvgIpc) is 2.47. The molecule has 1 amide bonds. The summed E-state index contributed by atoms with van der Waals surface area (Å²) in [5.41, 5.74) is 5.79. The molecule has 0 aliphatic heterocycles. The topological polar surface area (TPSA) is 72.2 Å². The van der Waals surface area contributed by atoms with Crippen LogP contribution in [0.4, 0.5) is 5.69 Å². The maximum atomic E-state index is 12.5. The van der Waals surface area contributed by atoms with Crippen molar-refractivity contribution >= 4 is 34.0 Å². The third-order valence-corrected chi connectivity index (χ3v) is 4.43. The number of hydrogen-bond acceptors (Lipinski definition) is 3. The van der Waals surface area contributed by atoms with Gasteiger partial charge in [0.15, 0.2) is 0 Å². The van der Waals surface area contributed by atoms with Crippen molar-refractivity contribution in [1.82, 2.24) is 0 Å². The Kier molecular flexibility index (Phi) is 4.89. The molecule has 104 valence electrons. The molecule has 2 aromatic carbocycles. The zero-order valence-electron chi connectivity index (χ0n) is 10.5. The van der Waals surface area contributed by atoms with E-state index >= 15 is 0 Å². The summed E-state index contributed by atoms with van der Waals surface area (Å²) in [7, 11) is -1.40. The fraction of sp³-hybridized carbons (Fsp3) is 0.0714. The van der Waals surface area contributed by atoms with Crippen molar-refractivity contribution in [1.29, 1.82) is 0 Å². The zero-order chi connectivity index (χ0) is 14.5. The Bertz CT molecular complexity index is 661. The number of carbonyl (C=O) groups excluding carboxylic acids is 1. The van der Waals surface area contributed by atoms with Crippen LogP contribution in [0.25, 0.3) is 0 Å². The molecular weight excluding hydrogens is 296 g/mol. The first kappa shape index (κ1) is 14.7. The third kappa shape index (κ3) is 3.45. The lowest BCUT2D eigenvalue weighted by atomic mass is 10.3. The summed E-state index contributed by atoms with van der Waals surface area (Å²) in [6, 6.07) is 13.8. The highest BCUT2D eigenvalue weighted by atomic mass is 35.5. The number of rotatable bonds is 4. The molecule has 1 atom stereocenters. The molecule has 0 aromatic heterocycles. The van der Waals surface area contributed by atoms with Gasteiger partial charge in [-0.3, -0.25) is 4.79 Å². The van der Waals surface area contributed by atoms with Crippen molar-refractivity contribution in [3.05, 3.63) is 53.6 Å². The maximum absolute atomic E-state index is 12.5. The van der Waals surface area contributed by atoms with E-state index in [0.29, 0.717) is 20.5 Å². The van der Waals surface area contributed by atoms with Gasteiger partial charge in [-0.2, -0.15) is 0 Å². The van der Waals surface area contributed by atoms with Crippen LogP contribution < -0.4 is 11.1 Å². The summed E-state index contributed by atoms with van der Waals surface area (Å²) in [4.78, 5) is 12.4. The summed E-state index contributed by atoms with van der Waals surface area (Å²) >= 11 is 6.04. The summed E-state index contributed by atoms with van der Waals surface area (Å²) in [5.74, 6) is -0.300. The van der Waals surface area contributed by atoms with Crippen LogP contribution in [0.2, 0.25) is 5.02 Å². The third-order valence-electron chi connectivity index (χ3n) is 2.55. The highest BCUT2D eigenvalue weighted by molar-refractivity contribution is 7.85. The number of amides is 1. The smallest absolute Gasteiger partial charge is 0.238 e. The Morgan fingerprint density at radius 2 is 1.95 bits per heavy atom. The van der Waals surface area contributed by atoms with Crippen molar-refractivity contribution in [3.8, 4) is 0 Å². The lowest BCUT2D eigenvalue weighted by molar-refractivity contribution is -0.114. The van der Waals surface area contributed by atoms with Crippen LogP contribution >= 0.6 is 11.6 Å². The average molecular weight is 309 g/mol. The van der Waals surface area contributed by atoms with Crippen molar-refractivity contribution in [2.45, 2.75) is 9.79 Å². The van der Waals surface area contributed by atoms with Crippen molar-refractivity contribution in [2.24, 2.45) is 5.73 Å². The number of anilines is 1. The Balaban J connectivity index is 2.29. The molecule has 0 heterocycles. The summed E-state index contributed by atoms with van der Waals surface area (Å²) in [5, 5.41) is 3.07. The fourth-order valence-corrected chi connectivity index (χ4v) is 3.11. The summed E-state index contributed by atoms with van der Waals surface area (Å²) in [6.45, 7) is -0.0994. The normalized spacial score (nSPS) is 11.9. The first-order valence-corrected chi connectivity index (χ1v) is 7.41. The van der Waals surface area contributed by atoms with Gasteiger partial charge in [0.05, 0.1) is 27.3 Å². The molecule has 4 nitrogen and oxygen atoms in total. The molecule has 2 rings (SSSR count). The van der Waals surface area contributed by atoms with Gasteiger partial charge in [-0.15, -0.1) is 0 Å². The van der Waals surface area contributed by atoms with Crippen molar-refractivity contribution in [3.63, 3.8) is 0 Å². The second-order valence-corrected chi connectivity index (χ2v) is 5.84. The van der Waals surface area contributed by atoms with Crippen LogP contribution in [0.15, 0.2) is 58.3 Å². The van der Waals surface area contributed by atoms with Gasteiger partial charge in [-0.25, -0.2) is 4.21 Å². The Morgan fingerprint density at radius 3 is 2.65 bits per heavy atom. The van der Waals surface area contributed by atoms with Gasteiger partial charge in [0.25, 0.3) is 0 Å². The number of nitrogens with two attached hydrogens (primary N) is 1. The molecule has 0 radical (unpaired) electrons. The van der Waals surface area contributed by atoms with Gasteiger partial charge in [0.1, 0.15) is 0 Å². The highest BCUT2D eigenvalue weighted by Gasteiger charge is 2.11. The van der Waals surface area contributed by atoms with Crippen LogP contribution in [0.5, 0.6) is 0 Å². The van der Waals surface area contributed by atoms with E-state index in [-0.39, 0.29) is 12.5 Å². The molecule has 0 aliphatic carbocycles. The molecule has 0 fully saturated rings. The molecule has 20 heavy (non-hydrogen) atoms. The molecule has 0 aliphatic rings. The van der Waals surface area contributed by atoms with E-state index in [4.69, 9.17) is 17.3 Å². The second kappa shape index (κ2) is 6.65. The van der Waals surface area contributed by atoms with Crippen molar-refractivity contribution in [2.75, 3.05) is 11.9 Å². The molecule has 0 spiro atoms. The monoisotopic (exact) mass is 308 g/mol. The summed E-state index contributed by atoms with van der Waals surface area (Å²) in [6.07, 6.45) is 0. The SMILES string of the molecule is NCC(=O)Nc1cccc(S(=O)c2ccccc2Cl)c1. The highest BCUT2D eigenvalue weighted by Crippen LogP contribution is 2.25. The number of carbonyl (C=O) groups is 1. The van der Waals surface area contributed by atoms with E-state index in [1.54, 1.807) is 48.5 Å². The summed E-state index contributed by atoms with van der Waals surface area (Å²) < 4.78 is 12.5. The molecular formula is C14H13ClN2O2S. The molecule has 0 saturated carbocycles. The quantitative estimate of drug-likeness (QED) is 0.911. The molecule has 0 saturated heterocycles. The van der Waals surface area contributed by atoms with E-state index in [9.17, 15) is 9.00 Å². The largest absolute Gasteiger partial charge is 0.325 e. The maximum Gasteiger partial charge on any atom is 0.238 e. The van der Waals surface area contributed by atoms with Crippen LogP contribution in [-0.2, 0) is 15.6 Å². The Labute approximate surface area is 124 Å². The number of halogens is 1. The molecule has 1 unspecified atom stereocenters. The molecule has 2 aromatic rings. The Hall–Kier alpha value is -1.69. The zero-order valence-corrected chi connectivity index (χ0v) is 12.1. The first-order valence-electron chi connectivity index (χ1n) is 5.88. The van der Waals surface area contributed by atoms with Gasteiger partial charge in [-0.1, -0.05) is 29.8 Å². The number of nitrogens with one attached hydrogen (secondary N) is 1. The Morgan fingerprint density at radius 1 is 1.20 bits per heavy atom. The van der Waals surface area contributed by atoms with Crippen LogP contribution in [0, 0.1) is 0 Å². The van der Waals surface area contributed by atoms with E-state index in [1.165, 1.54) is 0 Å². The van der Waals surface area contributed by atoms with Gasteiger partial charge in [0.2, 0.25) is 5.91 Å². The number of hydrogen-bond donors (Lipinski definition) is 2. The lowest BCUT2D eigenvalue weighted by Crippen LogP contribution is -2.21. The van der Waals surface area contributed by atoms with Crippen molar-refractivity contribution < 1.29 is 9.00 Å². The van der Waals surface area contributed by atoms with Gasteiger partial charge in [-0.05, 0) is 30.3 Å². The predicted octanol–water partition coefficient (Wildman–Crippen LogP) is 2.40. The molecule has 0 bridgehead atoms. The van der Waals surface area contributed by atoms with E-state index in [1.807, 2.05) is 0 Å². The number of benzene rings is 2.